The first-order chi connectivity index (χ1) is 8.61. The highest BCUT2D eigenvalue weighted by Gasteiger charge is 2.14. The zero-order chi connectivity index (χ0) is 13.4. The van der Waals surface area contributed by atoms with Crippen LogP contribution in [0.4, 0.5) is 4.79 Å². The number of aliphatic carboxylic acids is 1. The minimum Gasteiger partial charge on any atom is -0.481 e. The number of rotatable bonds is 7. The van der Waals surface area contributed by atoms with Crippen molar-refractivity contribution in [3.05, 3.63) is 16.6 Å². The van der Waals surface area contributed by atoms with Crippen LogP contribution in [0.25, 0.3) is 0 Å². The SMILES string of the molecule is CCCC(CC(=O)O)NC(=O)NCc1cscn1. The van der Waals surface area contributed by atoms with Gasteiger partial charge in [-0.25, -0.2) is 9.78 Å². The lowest BCUT2D eigenvalue weighted by molar-refractivity contribution is -0.137. The molecule has 0 fully saturated rings. The summed E-state index contributed by atoms with van der Waals surface area (Å²) in [4.78, 5) is 26.2. The van der Waals surface area contributed by atoms with E-state index in [4.69, 9.17) is 5.11 Å². The van der Waals surface area contributed by atoms with E-state index < -0.39 is 5.97 Å². The minimum atomic E-state index is -0.909. The molecule has 1 rings (SSSR count). The zero-order valence-electron chi connectivity index (χ0n) is 10.2. The summed E-state index contributed by atoms with van der Waals surface area (Å²) in [6.07, 6.45) is 1.42. The number of hydrogen-bond acceptors (Lipinski definition) is 4. The molecule has 1 heterocycles. The van der Waals surface area contributed by atoms with E-state index in [1.54, 1.807) is 5.51 Å². The molecule has 1 aromatic heterocycles. The largest absolute Gasteiger partial charge is 0.481 e. The summed E-state index contributed by atoms with van der Waals surface area (Å²) in [6, 6.07) is -0.689. The van der Waals surface area contributed by atoms with Crippen molar-refractivity contribution in [1.82, 2.24) is 15.6 Å². The van der Waals surface area contributed by atoms with Gasteiger partial charge in [-0.3, -0.25) is 4.79 Å². The highest BCUT2D eigenvalue weighted by atomic mass is 32.1. The first kappa shape index (κ1) is 14.4. The molecule has 0 spiro atoms. The Hall–Kier alpha value is -1.63. The van der Waals surface area contributed by atoms with Gasteiger partial charge in [0.25, 0.3) is 0 Å². The molecule has 0 aliphatic carbocycles. The topological polar surface area (TPSA) is 91.3 Å². The van der Waals surface area contributed by atoms with Crippen LogP contribution in [0, 0.1) is 0 Å². The van der Waals surface area contributed by atoms with E-state index in [1.807, 2.05) is 12.3 Å². The van der Waals surface area contributed by atoms with E-state index in [9.17, 15) is 9.59 Å². The number of nitrogens with one attached hydrogen (secondary N) is 2. The molecule has 2 amide bonds. The Balaban J connectivity index is 2.33. The van der Waals surface area contributed by atoms with Gasteiger partial charge in [-0.1, -0.05) is 13.3 Å². The van der Waals surface area contributed by atoms with Crippen LogP contribution in [0.1, 0.15) is 31.9 Å². The second-order valence-electron chi connectivity index (χ2n) is 3.89. The zero-order valence-corrected chi connectivity index (χ0v) is 11.0. The predicted molar refractivity (Wildman–Crippen MR) is 68.4 cm³/mol. The quantitative estimate of drug-likeness (QED) is 0.702. The van der Waals surface area contributed by atoms with Gasteiger partial charge in [0.1, 0.15) is 0 Å². The third-order valence-corrected chi connectivity index (χ3v) is 2.94. The maximum absolute atomic E-state index is 11.6. The molecule has 1 unspecified atom stereocenters. The monoisotopic (exact) mass is 271 g/mol. The molecule has 0 radical (unpaired) electrons. The average molecular weight is 271 g/mol. The molecule has 0 aromatic carbocycles. The molecule has 18 heavy (non-hydrogen) atoms. The average Bonchev–Trinajstić information content (AvgIpc) is 2.78. The van der Waals surface area contributed by atoms with E-state index >= 15 is 0 Å². The van der Waals surface area contributed by atoms with E-state index in [2.05, 4.69) is 15.6 Å². The number of carbonyl (C=O) groups is 2. The van der Waals surface area contributed by atoms with E-state index in [1.165, 1.54) is 11.3 Å². The summed E-state index contributed by atoms with van der Waals surface area (Å²) < 4.78 is 0. The van der Waals surface area contributed by atoms with Gasteiger partial charge in [-0.2, -0.15) is 0 Å². The Kier molecular flexibility index (Phi) is 6.13. The summed E-state index contributed by atoms with van der Waals surface area (Å²) in [7, 11) is 0. The number of carboxylic acids is 1. The van der Waals surface area contributed by atoms with Crippen LogP contribution in [-0.2, 0) is 11.3 Å². The normalized spacial score (nSPS) is 11.8. The van der Waals surface area contributed by atoms with Gasteiger partial charge < -0.3 is 15.7 Å². The number of urea groups is 1. The van der Waals surface area contributed by atoms with Gasteiger partial charge in [0, 0.05) is 11.4 Å². The second-order valence-corrected chi connectivity index (χ2v) is 4.61. The Morgan fingerprint density at radius 1 is 1.56 bits per heavy atom. The number of aromatic nitrogens is 1. The van der Waals surface area contributed by atoms with Gasteiger partial charge in [0.05, 0.1) is 24.2 Å². The number of carbonyl (C=O) groups excluding carboxylic acids is 1. The van der Waals surface area contributed by atoms with Crippen LogP contribution in [0.3, 0.4) is 0 Å². The van der Waals surface area contributed by atoms with Crippen molar-refractivity contribution in [2.75, 3.05) is 0 Å². The van der Waals surface area contributed by atoms with Crippen molar-refractivity contribution in [3.63, 3.8) is 0 Å². The number of nitrogens with zero attached hydrogens (tertiary/aromatic N) is 1. The van der Waals surface area contributed by atoms with Crippen LogP contribution >= 0.6 is 11.3 Å². The van der Waals surface area contributed by atoms with Crippen molar-refractivity contribution < 1.29 is 14.7 Å². The molecule has 0 bridgehead atoms. The van der Waals surface area contributed by atoms with Crippen molar-refractivity contribution in [2.24, 2.45) is 0 Å². The van der Waals surface area contributed by atoms with E-state index in [0.717, 1.165) is 12.1 Å². The lowest BCUT2D eigenvalue weighted by Crippen LogP contribution is -2.42. The lowest BCUT2D eigenvalue weighted by Gasteiger charge is -2.16. The Morgan fingerprint density at radius 3 is 2.89 bits per heavy atom. The fourth-order valence-corrected chi connectivity index (χ4v) is 2.07. The fraction of sp³-hybridized carbons (Fsp3) is 0.545. The van der Waals surface area contributed by atoms with Crippen LogP contribution in [0.2, 0.25) is 0 Å². The van der Waals surface area contributed by atoms with Gasteiger partial charge in [-0.15, -0.1) is 11.3 Å². The number of amides is 2. The van der Waals surface area contributed by atoms with Gasteiger partial charge in [-0.05, 0) is 6.42 Å². The van der Waals surface area contributed by atoms with Gasteiger partial charge in [0.2, 0.25) is 0 Å². The summed E-state index contributed by atoms with van der Waals surface area (Å²) in [5.41, 5.74) is 2.49. The Morgan fingerprint density at radius 2 is 2.33 bits per heavy atom. The van der Waals surface area contributed by atoms with Crippen molar-refractivity contribution in [2.45, 2.75) is 38.8 Å². The Bertz CT molecular complexity index is 381. The molecular weight excluding hydrogens is 254 g/mol. The van der Waals surface area contributed by atoms with Crippen LogP contribution in [-0.4, -0.2) is 28.1 Å². The lowest BCUT2D eigenvalue weighted by atomic mass is 10.1. The maximum atomic E-state index is 11.6. The first-order valence-corrected chi connectivity index (χ1v) is 6.69. The van der Waals surface area contributed by atoms with Crippen molar-refractivity contribution in [3.8, 4) is 0 Å². The van der Waals surface area contributed by atoms with Gasteiger partial charge in [0.15, 0.2) is 0 Å². The van der Waals surface area contributed by atoms with Crippen LogP contribution in [0.15, 0.2) is 10.9 Å². The molecular formula is C11H17N3O3S. The summed E-state index contributed by atoms with van der Waals surface area (Å²) in [5, 5.41) is 15.9. The number of carboxylic acid groups (broad SMARTS) is 1. The van der Waals surface area contributed by atoms with Gasteiger partial charge >= 0.3 is 12.0 Å². The molecule has 0 aliphatic heterocycles. The van der Waals surface area contributed by atoms with Crippen molar-refractivity contribution >= 4 is 23.3 Å². The number of thiazole rings is 1. The molecule has 0 aliphatic rings. The molecule has 7 heteroatoms. The standard InChI is InChI=1S/C11H17N3O3S/c1-2-3-8(4-10(15)16)14-11(17)12-5-9-6-18-7-13-9/h6-8H,2-5H2,1H3,(H,15,16)(H2,12,14,17). The summed E-state index contributed by atoms with van der Waals surface area (Å²) >= 11 is 1.46. The van der Waals surface area contributed by atoms with Crippen LogP contribution < -0.4 is 10.6 Å². The third-order valence-electron chi connectivity index (χ3n) is 2.31. The molecule has 6 nitrogen and oxygen atoms in total. The molecule has 100 valence electrons. The Labute approximate surface area is 109 Å². The smallest absolute Gasteiger partial charge is 0.315 e. The fourth-order valence-electron chi connectivity index (χ4n) is 1.52. The molecule has 0 saturated carbocycles. The van der Waals surface area contributed by atoms with E-state index in [-0.39, 0.29) is 18.5 Å². The summed E-state index contributed by atoms with van der Waals surface area (Å²) in [6.45, 7) is 2.30. The molecule has 0 saturated heterocycles. The van der Waals surface area contributed by atoms with E-state index in [0.29, 0.717) is 13.0 Å². The maximum Gasteiger partial charge on any atom is 0.315 e. The first-order valence-electron chi connectivity index (χ1n) is 5.75. The second kappa shape index (κ2) is 7.65. The number of hydrogen-bond donors (Lipinski definition) is 3. The van der Waals surface area contributed by atoms with Crippen LogP contribution in [0.5, 0.6) is 0 Å². The molecule has 1 aromatic rings. The summed E-state index contributed by atoms with van der Waals surface area (Å²) in [5.74, 6) is -0.909. The third kappa shape index (κ3) is 5.62. The highest BCUT2D eigenvalue weighted by Crippen LogP contribution is 2.02. The van der Waals surface area contributed by atoms with Crippen molar-refractivity contribution in [1.29, 1.82) is 0 Å². The molecule has 1 atom stereocenters. The predicted octanol–water partition coefficient (Wildman–Crippen LogP) is 1.59. The molecule has 3 N–H and O–H groups in total. The minimum absolute atomic E-state index is 0.0576. The highest BCUT2D eigenvalue weighted by molar-refractivity contribution is 7.07.